The van der Waals surface area contributed by atoms with Crippen molar-refractivity contribution >= 4 is 5.97 Å². The molecule has 1 aliphatic heterocycles. The summed E-state index contributed by atoms with van der Waals surface area (Å²) in [6, 6.07) is 0.446. The van der Waals surface area contributed by atoms with Gasteiger partial charge in [-0.2, -0.15) is 0 Å². The van der Waals surface area contributed by atoms with Crippen molar-refractivity contribution in [3.63, 3.8) is 0 Å². The lowest BCUT2D eigenvalue weighted by Crippen LogP contribution is -2.45. The van der Waals surface area contributed by atoms with Crippen molar-refractivity contribution in [2.45, 2.75) is 58.4 Å². The van der Waals surface area contributed by atoms with Gasteiger partial charge in [0, 0.05) is 6.04 Å². The van der Waals surface area contributed by atoms with E-state index in [1.165, 1.54) is 32.2 Å². The SMILES string of the molecule is CC1CC(C)CC(CCN2CCC(N(C)CC(=O)O)CC2)C1. The van der Waals surface area contributed by atoms with Crippen LogP contribution in [0.2, 0.25) is 0 Å². The second kappa shape index (κ2) is 8.30. The van der Waals surface area contributed by atoms with Crippen LogP contribution in [0.3, 0.4) is 0 Å². The van der Waals surface area contributed by atoms with Crippen LogP contribution in [-0.4, -0.2) is 60.1 Å². The Bertz CT molecular complexity index is 343. The molecule has 2 atom stereocenters. The van der Waals surface area contributed by atoms with Crippen LogP contribution in [0.5, 0.6) is 0 Å². The lowest BCUT2D eigenvalue weighted by molar-refractivity contribution is -0.138. The molecule has 2 unspecified atom stereocenters. The highest BCUT2D eigenvalue weighted by Crippen LogP contribution is 2.34. The van der Waals surface area contributed by atoms with Gasteiger partial charge in [0.05, 0.1) is 6.54 Å². The van der Waals surface area contributed by atoms with E-state index in [4.69, 9.17) is 5.11 Å². The number of hydrogen-bond donors (Lipinski definition) is 1. The summed E-state index contributed by atoms with van der Waals surface area (Å²) in [5.74, 6) is 2.02. The maximum absolute atomic E-state index is 10.8. The van der Waals surface area contributed by atoms with E-state index in [1.54, 1.807) is 0 Å². The van der Waals surface area contributed by atoms with E-state index in [1.807, 2.05) is 11.9 Å². The highest BCUT2D eigenvalue weighted by Gasteiger charge is 2.26. The Labute approximate surface area is 135 Å². The number of piperidine rings is 1. The average molecular weight is 310 g/mol. The number of carboxylic acids is 1. The van der Waals surface area contributed by atoms with Crippen molar-refractivity contribution in [2.24, 2.45) is 17.8 Å². The first kappa shape index (κ1) is 17.7. The predicted octanol–water partition coefficient (Wildman–Crippen LogP) is 2.93. The number of likely N-dealkylation sites (N-methyl/N-ethyl adjacent to an activating group) is 1. The number of likely N-dealkylation sites (tertiary alicyclic amines) is 1. The molecule has 1 saturated heterocycles. The van der Waals surface area contributed by atoms with Gasteiger partial charge in [0.15, 0.2) is 0 Å². The number of hydrogen-bond acceptors (Lipinski definition) is 3. The largest absolute Gasteiger partial charge is 0.480 e. The highest BCUT2D eigenvalue weighted by molar-refractivity contribution is 5.69. The molecule has 0 amide bonds. The number of carbonyl (C=O) groups is 1. The summed E-state index contributed by atoms with van der Waals surface area (Å²) in [7, 11) is 1.94. The van der Waals surface area contributed by atoms with Crippen molar-refractivity contribution in [3.05, 3.63) is 0 Å². The summed E-state index contributed by atoms with van der Waals surface area (Å²) in [5, 5.41) is 8.89. The van der Waals surface area contributed by atoms with Crippen LogP contribution in [0.4, 0.5) is 0 Å². The zero-order chi connectivity index (χ0) is 16.1. The summed E-state index contributed by atoms with van der Waals surface area (Å²) >= 11 is 0. The van der Waals surface area contributed by atoms with Gasteiger partial charge in [-0.3, -0.25) is 9.69 Å². The molecule has 0 aromatic rings. The maximum atomic E-state index is 10.8. The Hall–Kier alpha value is -0.610. The quantitative estimate of drug-likeness (QED) is 0.819. The summed E-state index contributed by atoms with van der Waals surface area (Å²) in [6.07, 6.45) is 7.83. The fourth-order valence-corrected chi connectivity index (χ4v) is 4.64. The van der Waals surface area contributed by atoms with Gasteiger partial charge in [0.25, 0.3) is 0 Å². The lowest BCUT2D eigenvalue weighted by atomic mass is 9.75. The van der Waals surface area contributed by atoms with E-state index >= 15 is 0 Å². The molecule has 1 aliphatic carbocycles. The minimum atomic E-state index is -0.717. The van der Waals surface area contributed by atoms with E-state index in [9.17, 15) is 4.79 Å². The van der Waals surface area contributed by atoms with E-state index in [2.05, 4.69) is 18.7 Å². The highest BCUT2D eigenvalue weighted by atomic mass is 16.4. The first-order chi connectivity index (χ1) is 10.4. The summed E-state index contributed by atoms with van der Waals surface area (Å²) in [6.45, 7) is 8.49. The third kappa shape index (κ3) is 5.54. The fourth-order valence-electron chi connectivity index (χ4n) is 4.64. The monoisotopic (exact) mass is 310 g/mol. The molecule has 0 spiro atoms. The Morgan fingerprint density at radius 3 is 2.27 bits per heavy atom. The zero-order valence-corrected chi connectivity index (χ0v) is 14.6. The van der Waals surface area contributed by atoms with Crippen LogP contribution in [0.25, 0.3) is 0 Å². The number of carboxylic acid groups (broad SMARTS) is 1. The fraction of sp³-hybridized carbons (Fsp3) is 0.944. The smallest absolute Gasteiger partial charge is 0.317 e. The number of rotatable bonds is 6. The second-order valence-corrected chi connectivity index (χ2v) is 7.95. The van der Waals surface area contributed by atoms with Crippen LogP contribution in [0.1, 0.15) is 52.4 Å². The minimum Gasteiger partial charge on any atom is -0.480 e. The van der Waals surface area contributed by atoms with Crippen LogP contribution >= 0.6 is 0 Å². The van der Waals surface area contributed by atoms with Gasteiger partial charge in [0.2, 0.25) is 0 Å². The summed E-state index contributed by atoms with van der Waals surface area (Å²) in [5.41, 5.74) is 0. The molecule has 2 rings (SSSR count). The van der Waals surface area contributed by atoms with Crippen LogP contribution in [0.15, 0.2) is 0 Å². The molecule has 2 fully saturated rings. The molecule has 1 N–H and O–H groups in total. The number of aliphatic carboxylic acids is 1. The first-order valence-electron chi connectivity index (χ1n) is 9.08. The third-order valence-corrected chi connectivity index (χ3v) is 5.69. The van der Waals surface area contributed by atoms with Gasteiger partial charge in [0.1, 0.15) is 0 Å². The van der Waals surface area contributed by atoms with Gasteiger partial charge in [-0.15, -0.1) is 0 Å². The van der Waals surface area contributed by atoms with Crippen LogP contribution < -0.4 is 0 Å². The minimum absolute atomic E-state index is 0.169. The Morgan fingerprint density at radius 1 is 1.14 bits per heavy atom. The van der Waals surface area contributed by atoms with E-state index in [-0.39, 0.29) is 6.54 Å². The predicted molar refractivity (Wildman–Crippen MR) is 90.0 cm³/mol. The van der Waals surface area contributed by atoms with Crippen molar-refractivity contribution < 1.29 is 9.90 Å². The topological polar surface area (TPSA) is 43.8 Å². The summed E-state index contributed by atoms with van der Waals surface area (Å²) in [4.78, 5) is 15.4. The third-order valence-electron chi connectivity index (χ3n) is 5.69. The van der Waals surface area contributed by atoms with Gasteiger partial charge in [-0.05, 0) is 83.0 Å². The van der Waals surface area contributed by atoms with Crippen LogP contribution in [-0.2, 0) is 4.79 Å². The maximum Gasteiger partial charge on any atom is 0.317 e. The Balaban J connectivity index is 1.66. The van der Waals surface area contributed by atoms with Crippen molar-refractivity contribution in [1.29, 1.82) is 0 Å². The van der Waals surface area contributed by atoms with Gasteiger partial charge in [-0.1, -0.05) is 13.8 Å². The molecule has 22 heavy (non-hydrogen) atoms. The molecule has 0 aromatic heterocycles. The van der Waals surface area contributed by atoms with Crippen molar-refractivity contribution in [1.82, 2.24) is 9.80 Å². The van der Waals surface area contributed by atoms with Crippen molar-refractivity contribution in [2.75, 3.05) is 33.2 Å². The molecule has 0 bridgehead atoms. The first-order valence-corrected chi connectivity index (χ1v) is 9.08. The van der Waals surface area contributed by atoms with Gasteiger partial charge >= 0.3 is 5.97 Å². The molecule has 128 valence electrons. The lowest BCUT2D eigenvalue weighted by Gasteiger charge is -2.37. The van der Waals surface area contributed by atoms with Crippen molar-refractivity contribution in [3.8, 4) is 0 Å². The van der Waals surface area contributed by atoms with Crippen LogP contribution in [0, 0.1) is 17.8 Å². The molecular weight excluding hydrogens is 276 g/mol. The molecule has 1 saturated carbocycles. The molecule has 2 aliphatic rings. The van der Waals surface area contributed by atoms with E-state index in [0.717, 1.165) is 43.7 Å². The normalized spacial score (nSPS) is 31.5. The van der Waals surface area contributed by atoms with Gasteiger partial charge < -0.3 is 10.0 Å². The van der Waals surface area contributed by atoms with E-state index < -0.39 is 5.97 Å². The summed E-state index contributed by atoms with van der Waals surface area (Å²) < 4.78 is 0. The number of nitrogens with zero attached hydrogens (tertiary/aromatic N) is 2. The molecular formula is C18H34N2O2. The molecule has 4 nitrogen and oxygen atoms in total. The standard InChI is InChI=1S/C18H34N2O2/c1-14-10-15(2)12-16(11-14)4-7-20-8-5-17(6-9-20)19(3)13-18(21)22/h14-17H,4-13H2,1-3H3,(H,21,22). The average Bonchev–Trinajstić information content (AvgIpc) is 2.44. The second-order valence-electron chi connectivity index (χ2n) is 7.95. The van der Waals surface area contributed by atoms with Gasteiger partial charge in [-0.25, -0.2) is 0 Å². The Kier molecular flexibility index (Phi) is 6.69. The zero-order valence-electron chi connectivity index (χ0n) is 14.6. The van der Waals surface area contributed by atoms with E-state index in [0.29, 0.717) is 6.04 Å². The molecule has 4 heteroatoms. The molecule has 0 radical (unpaired) electrons. The Morgan fingerprint density at radius 2 is 1.73 bits per heavy atom. The molecule has 0 aromatic carbocycles. The molecule has 1 heterocycles.